The van der Waals surface area contributed by atoms with Gasteiger partial charge in [-0.15, -0.1) is 0 Å². The monoisotopic (exact) mass is 1070 g/mol. The normalized spacial score (nSPS) is 11.8. The van der Waals surface area contributed by atoms with Gasteiger partial charge in [-0.1, -0.05) is 48.5 Å². The molecule has 0 spiro atoms. The van der Waals surface area contributed by atoms with Crippen molar-refractivity contribution in [1.29, 1.82) is 0 Å². The molecule has 5 heterocycles. The largest absolute Gasteiger partial charge is 0.497 e. The number of methoxy groups -OCH3 is 2. The van der Waals surface area contributed by atoms with Gasteiger partial charge in [0.15, 0.2) is 46.5 Å². The Hall–Kier alpha value is -9.58. The molecule has 18 heteroatoms. The molecular weight excluding hydrogens is 1030 g/mol. The molecule has 8 nitrogen and oxygen atoms in total. The molecule has 0 aliphatic carbocycles. The quantitative estimate of drug-likeness (QED) is 0.0719. The van der Waals surface area contributed by atoms with Gasteiger partial charge in [0, 0.05) is 44.3 Å². The maximum Gasteiger partial charge on any atom is 0.200 e. The van der Waals surface area contributed by atoms with E-state index in [2.05, 4.69) is 9.97 Å². The fraction of sp³-hybridized carbons (Fsp3) is 0.0667. The van der Waals surface area contributed by atoms with E-state index >= 15 is 35.1 Å². The number of benzene rings is 6. The van der Waals surface area contributed by atoms with Gasteiger partial charge < -0.3 is 28.9 Å². The molecule has 3 aromatic heterocycles. The predicted molar refractivity (Wildman–Crippen MR) is 275 cm³/mol. The van der Waals surface area contributed by atoms with E-state index in [1.54, 1.807) is 84.9 Å². The average Bonchev–Trinajstić information content (AvgIpc) is 4.34. The third-order valence-corrected chi connectivity index (χ3v) is 13.0. The van der Waals surface area contributed by atoms with Gasteiger partial charge in [0.25, 0.3) is 0 Å². The number of halogens is 10. The van der Waals surface area contributed by atoms with Crippen LogP contribution in [0.15, 0.2) is 121 Å². The molecule has 390 valence electrons. The molecule has 0 atom stereocenters. The van der Waals surface area contributed by atoms with Crippen LogP contribution < -0.4 is 18.9 Å². The minimum atomic E-state index is -2.38. The molecule has 2 aliphatic heterocycles. The van der Waals surface area contributed by atoms with Crippen LogP contribution in [-0.4, -0.2) is 34.2 Å². The Balaban J connectivity index is 1.19. The number of H-pyrrole nitrogens is 2. The van der Waals surface area contributed by atoms with Crippen molar-refractivity contribution in [1.82, 2.24) is 19.9 Å². The highest BCUT2D eigenvalue weighted by atomic mass is 19.2. The number of hydrogen-bond donors (Lipinski definition) is 2. The molecular formula is C60H36F10N4O4. The van der Waals surface area contributed by atoms with Gasteiger partial charge in [0.05, 0.1) is 48.1 Å². The number of nitrogens with zero attached hydrogens (tertiary/aromatic N) is 2. The van der Waals surface area contributed by atoms with Gasteiger partial charge in [0.1, 0.15) is 36.2 Å². The predicted octanol–water partition coefficient (Wildman–Crippen LogP) is 15.9. The van der Waals surface area contributed by atoms with Crippen LogP contribution >= 0.6 is 0 Å². The smallest absolute Gasteiger partial charge is 0.200 e. The summed E-state index contributed by atoms with van der Waals surface area (Å²) in [5.41, 5.74) is -1.69. The number of rotatable bonds is 12. The van der Waals surface area contributed by atoms with Crippen LogP contribution in [0.1, 0.15) is 33.9 Å². The molecule has 2 aliphatic rings. The molecule has 2 N–H and O–H groups in total. The van der Waals surface area contributed by atoms with Gasteiger partial charge in [-0.2, -0.15) is 0 Å². The summed E-state index contributed by atoms with van der Waals surface area (Å²) in [5.74, 6) is -20.2. The van der Waals surface area contributed by atoms with Crippen molar-refractivity contribution in [2.24, 2.45) is 0 Å². The third kappa shape index (κ3) is 9.13. The summed E-state index contributed by atoms with van der Waals surface area (Å²) < 4.78 is 178. The Morgan fingerprint density at radius 3 is 0.974 bits per heavy atom. The first-order valence-electron chi connectivity index (χ1n) is 23.6. The lowest BCUT2D eigenvalue weighted by Crippen LogP contribution is -2.05. The highest BCUT2D eigenvalue weighted by Crippen LogP contribution is 2.43. The van der Waals surface area contributed by atoms with Crippen LogP contribution in [0, 0.1) is 58.2 Å². The maximum absolute atomic E-state index is 16.2. The molecule has 11 rings (SSSR count). The fourth-order valence-electron chi connectivity index (χ4n) is 9.28. The summed E-state index contributed by atoms with van der Waals surface area (Å²) in [6.07, 6.45) is 5.40. The van der Waals surface area contributed by atoms with E-state index in [1.165, 1.54) is 62.8 Å². The molecule has 0 unspecified atom stereocenters. The SMILES string of the molecule is COc1cccc(COc2ccc(-c3c4nc(c(-c5c(F)c(F)c(F)c(F)c5F)c5ccc([nH]5)c(-c5ccc(OCc6cccc(OC)c6)cc5)c5nc(c(-c6c(F)c(F)c(F)c(F)c6F)c6ccc3[nH]6)C=C5)C=C4)cc2)c1. The Morgan fingerprint density at radius 1 is 0.333 bits per heavy atom. The molecule has 9 aromatic rings. The van der Waals surface area contributed by atoms with Crippen molar-refractivity contribution in [3.63, 3.8) is 0 Å². The van der Waals surface area contributed by atoms with Crippen molar-refractivity contribution in [3.05, 3.63) is 213 Å². The lowest BCUT2D eigenvalue weighted by atomic mass is 10.0. The van der Waals surface area contributed by atoms with Gasteiger partial charge >= 0.3 is 0 Å². The first kappa shape index (κ1) is 50.6. The Bertz CT molecular complexity index is 3810. The van der Waals surface area contributed by atoms with Crippen molar-refractivity contribution >= 4 is 46.4 Å². The fourth-order valence-corrected chi connectivity index (χ4v) is 9.28. The topological polar surface area (TPSA) is 94.3 Å². The zero-order chi connectivity index (χ0) is 54.5. The summed E-state index contributed by atoms with van der Waals surface area (Å²) in [5, 5.41) is 0. The van der Waals surface area contributed by atoms with Gasteiger partial charge in [-0.05, 0) is 119 Å². The second kappa shape index (κ2) is 20.5. The van der Waals surface area contributed by atoms with Crippen LogP contribution in [0.25, 0.3) is 90.9 Å². The van der Waals surface area contributed by atoms with Crippen molar-refractivity contribution in [2.45, 2.75) is 13.2 Å². The van der Waals surface area contributed by atoms with E-state index in [9.17, 15) is 8.78 Å². The van der Waals surface area contributed by atoms with Crippen molar-refractivity contribution in [2.75, 3.05) is 14.2 Å². The zero-order valence-electron chi connectivity index (χ0n) is 40.6. The summed E-state index contributed by atoms with van der Waals surface area (Å²) in [6.45, 7) is 0.273. The van der Waals surface area contributed by atoms with E-state index in [-0.39, 0.29) is 69.2 Å². The molecule has 0 saturated carbocycles. The number of hydrogen-bond acceptors (Lipinski definition) is 6. The Kier molecular flexibility index (Phi) is 13.3. The summed E-state index contributed by atoms with van der Waals surface area (Å²) in [4.78, 5) is 15.6. The maximum atomic E-state index is 16.2. The van der Waals surface area contributed by atoms with E-state index in [0.717, 1.165) is 11.1 Å². The number of ether oxygens (including phenoxy) is 4. The van der Waals surface area contributed by atoms with Gasteiger partial charge in [-0.3, -0.25) is 0 Å². The first-order chi connectivity index (χ1) is 37.7. The Morgan fingerprint density at radius 2 is 0.641 bits per heavy atom. The van der Waals surface area contributed by atoms with Crippen molar-refractivity contribution in [3.8, 4) is 67.5 Å². The molecule has 0 radical (unpaired) electrons. The second-order valence-electron chi connectivity index (χ2n) is 17.7. The summed E-state index contributed by atoms with van der Waals surface area (Å²) in [7, 11) is 3.06. The molecule has 6 aromatic carbocycles. The minimum Gasteiger partial charge on any atom is -0.497 e. The highest BCUT2D eigenvalue weighted by molar-refractivity contribution is 6.00. The molecule has 0 fully saturated rings. The molecule has 0 amide bonds. The number of fused-ring (bicyclic) bond motifs is 8. The number of nitrogens with one attached hydrogen (secondary N) is 2. The number of aromatic nitrogens is 4. The van der Waals surface area contributed by atoms with Gasteiger partial charge in [0.2, 0.25) is 11.6 Å². The second-order valence-corrected chi connectivity index (χ2v) is 17.7. The van der Waals surface area contributed by atoms with Crippen molar-refractivity contribution < 1.29 is 62.9 Å². The van der Waals surface area contributed by atoms with E-state index in [1.807, 2.05) is 12.1 Å². The third-order valence-electron chi connectivity index (χ3n) is 13.0. The van der Waals surface area contributed by atoms with Crippen LogP contribution in [0.4, 0.5) is 43.9 Å². The Labute approximate surface area is 436 Å². The molecule has 8 bridgehead atoms. The first-order valence-corrected chi connectivity index (χ1v) is 23.6. The molecule has 78 heavy (non-hydrogen) atoms. The summed E-state index contributed by atoms with van der Waals surface area (Å²) >= 11 is 0. The lowest BCUT2D eigenvalue weighted by Gasteiger charge is -2.11. The van der Waals surface area contributed by atoms with Gasteiger partial charge in [-0.25, -0.2) is 53.9 Å². The highest BCUT2D eigenvalue weighted by Gasteiger charge is 2.32. The van der Waals surface area contributed by atoms with Crippen LogP contribution in [0.3, 0.4) is 0 Å². The zero-order valence-corrected chi connectivity index (χ0v) is 40.6. The van der Waals surface area contributed by atoms with Crippen LogP contribution in [-0.2, 0) is 13.2 Å². The minimum absolute atomic E-state index is 0.0242. The number of aromatic amines is 2. The van der Waals surface area contributed by atoms with Crippen LogP contribution in [0.2, 0.25) is 0 Å². The molecule has 0 saturated heterocycles. The van der Waals surface area contributed by atoms with E-state index in [0.29, 0.717) is 34.1 Å². The lowest BCUT2D eigenvalue weighted by molar-refractivity contribution is 0.305. The standard InChI is InChI=1S/C60H36F10N4O4/c1-75-35-7-3-5-29(25-35)27-77-33-13-9-31(10-14-33)45-37-17-21-41(71-37)47(49-51(61)55(65)59(69)56(66)52(49)62)43-23-19-39(73-43)46(32-11-15-34(16-12-32)78-28-30-6-4-8-36(26-30)76-2)40-20-24-44(74-40)48(42-22-18-38(45)72-42)50-53(63)57(67)60(70)58(68)54(50)64/h3-26,71,74H,27-28H2,1-2H3. The van der Waals surface area contributed by atoms with E-state index in [4.69, 9.17) is 28.9 Å². The summed E-state index contributed by atoms with van der Waals surface area (Å²) in [6, 6.07) is 32.8. The average molecular weight is 1070 g/mol. The van der Waals surface area contributed by atoms with E-state index < -0.39 is 80.4 Å². The van der Waals surface area contributed by atoms with Crippen LogP contribution in [0.5, 0.6) is 23.0 Å².